The molecule has 2 rings (SSSR count). The first-order valence-corrected chi connectivity index (χ1v) is 4.59. The summed E-state index contributed by atoms with van der Waals surface area (Å²) in [5.41, 5.74) is 2.16. The van der Waals surface area contributed by atoms with E-state index in [4.69, 9.17) is 16.7 Å². The van der Waals surface area contributed by atoms with Crippen molar-refractivity contribution in [3.63, 3.8) is 0 Å². The molecular weight excluding hydrogens is 172 g/mol. The fourth-order valence-corrected chi connectivity index (χ4v) is 1.76. The van der Waals surface area contributed by atoms with Crippen LogP contribution in [0.2, 0.25) is 5.02 Å². The van der Waals surface area contributed by atoms with Crippen LogP contribution in [0.4, 0.5) is 0 Å². The van der Waals surface area contributed by atoms with Crippen LogP contribution in [0.25, 0.3) is 0 Å². The van der Waals surface area contributed by atoms with E-state index in [1.54, 1.807) is 0 Å². The smallest absolute Gasteiger partial charge is 0.0699 e. The predicted octanol–water partition coefficient (Wildman–Crippen LogP) is 2.71. The van der Waals surface area contributed by atoms with E-state index < -0.39 is 0 Å². The Labute approximate surface area is 77.0 Å². The van der Waals surface area contributed by atoms with E-state index in [9.17, 15) is 0 Å². The molecule has 2 heteroatoms. The van der Waals surface area contributed by atoms with Gasteiger partial charge in [0.2, 0.25) is 0 Å². The molecule has 0 unspecified atom stereocenters. The SMILES string of the molecule is OCc1c(Cl)cccc1C1CC1. The fourth-order valence-electron chi connectivity index (χ4n) is 1.52. The molecule has 64 valence electrons. The minimum atomic E-state index is 0.0610. The maximum absolute atomic E-state index is 9.09. The lowest BCUT2D eigenvalue weighted by molar-refractivity contribution is 0.280. The van der Waals surface area contributed by atoms with E-state index in [-0.39, 0.29) is 6.61 Å². The molecule has 1 aromatic carbocycles. The molecular formula is C10H11ClO. The van der Waals surface area contributed by atoms with Crippen molar-refractivity contribution in [2.24, 2.45) is 0 Å². The molecule has 0 amide bonds. The van der Waals surface area contributed by atoms with E-state index in [2.05, 4.69) is 6.07 Å². The third kappa shape index (κ3) is 1.35. The Hall–Kier alpha value is -0.530. The molecule has 1 aliphatic rings. The summed E-state index contributed by atoms with van der Waals surface area (Å²) in [6.07, 6.45) is 2.49. The molecule has 0 saturated heterocycles. The number of rotatable bonds is 2. The number of halogens is 1. The van der Waals surface area contributed by atoms with Crippen LogP contribution < -0.4 is 0 Å². The number of aliphatic hydroxyl groups is 1. The van der Waals surface area contributed by atoms with Crippen LogP contribution in [0.5, 0.6) is 0 Å². The molecule has 1 nitrogen and oxygen atoms in total. The van der Waals surface area contributed by atoms with Crippen LogP contribution in [0.1, 0.15) is 29.9 Å². The van der Waals surface area contributed by atoms with Gasteiger partial charge >= 0.3 is 0 Å². The van der Waals surface area contributed by atoms with Crippen molar-refractivity contribution in [3.8, 4) is 0 Å². The van der Waals surface area contributed by atoms with Crippen molar-refractivity contribution < 1.29 is 5.11 Å². The molecule has 0 radical (unpaired) electrons. The first-order chi connectivity index (χ1) is 5.83. The van der Waals surface area contributed by atoms with Crippen LogP contribution in [0.3, 0.4) is 0 Å². The van der Waals surface area contributed by atoms with Gasteiger partial charge in [0.05, 0.1) is 6.61 Å². The van der Waals surface area contributed by atoms with Crippen LogP contribution in [0, 0.1) is 0 Å². The van der Waals surface area contributed by atoms with E-state index >= 15 is 0 Å². The minimum Gasteiger partial charge on any atom is -0.392 e. The Morgan fingerprint density at radius 2 is 2.17 bits per heavy atom. The van der Waals surface area contributed by atoms with E-state index in [1.165, 1.54) is 18.4 Å². The van der Waals surface area contributed by atoms with Gasteiger partial charge in [-0.3, -0.25) is 0 Å². The zero-order valence-electron chi connectivity index (χ0n) is 6.76. The van der Waals surface area contributed by atoms with Crippen molar-refractivity contribution >= 4 is 11.6 Å². The third-order valence-corrected chi connectivity index (χ3v) is 2.68. The largest absolute Gasteiger partial charge is 0.392 e. The Morgan fingerprint density at radius 3 is 2.75 bits per heavy atom. The Bertz CT molecular complexity index is 292. The summed E-state index contributed by atoms with van der Waals surface area (Å²) in [5.74, 6) is 0.658. The second-order valence-corrected chi connectivity index (χ2v) is 3.65. The quantitative estimate of drug-likeness (QED) is 0.746. The number of benzene rings is 1. The number of aliphatic hydroxyl groups excluding tert-OH is 1. The lowest BCUT2D eigenvalue weighted by Gasteiger charge is -2.06. The van der Waals surface area contributed by atoms with Crippen LogP contribution >= 0.6 is 11.6 Å². The lowest BCUT2D eigenvalue weighted by Crippen LogP contribution is -1.92. The molecule has 12 heavy (non-hydrogen) atoms. The van der Waals surface area contributed by atoms with Gasteiger partial charge < -0.3 is 5.11 Å². The van der Waals surface area contributed by atoms with E-state index in [0.29, 0.717) is 10.9 Å². The lowest BCUT2D eigenvalue weighted by atomic mass is 10.0. The van der Waals surface area contributed by atoms with E-state index in [0.717, 1.165) is 5.56 Å². The van der Waals surface area contributed by atoms with Crippen LogP contribution in [0.15, 0.2) is 18.2 Å². The highest BCUT2D eigenvalue weighted by molar-refractivity contribution is 6.31. The highest BCUT2D eigenvalue weighted by Gasteiger charge is 2.26. The highest BCUT2D eigenvalue weighted by atomic mass is 35.5. The summed E-state index contributed by atoms with van der Waals surface area (Å²) in [7, 11) is 0. The topological polar surface area (TPSA) is 20.2 Å². The summed E-state index contributed by atoms with van der Waals surface area (Å²) in [4.78, 5) is 0. The van der Waals surface area contributed by atoms with Gasteiger partial charge in [-0.25, -0.2) is 0 Å². The van der Waals surface area contributed by atoms with Crippen molar-refractivity contribution in [1.29, 1.82) is 0 Å². The second-order valence-electron chi connectivity index (χ2n) is 3.24. The standard InChI is InChI=1S/C10H11ClO/c11-10-3-1-2-8(7-4-5-7)9(10)6-12/h1-3,7,12H,4-6H2. The molecule has 1 N–H and O–H groups in total. The number of hydrogen-bond acceptors (Lipinski definition) is 1. The first-order valence-electron chi connectivity index (χ1n) is 4.21. The van der Waals surface area contributed by atoms with E-state index in [1.807, 2.05) is 12.1 Å². The molecule has 1 saturated carbocycles. The maximum atomic E-state index is 9.09. The Balaban J connectivity index is 2.43. The van der Waals surface area contributed by atoms with Crippen molar-refractivity contribution in [1.82, 2.24) is 0 Å². The summed E-state index contributed by atoms with van der Waals surface area (Å²) in [6, 6.07) is 5.85. The van der Waals surface area contributed by atoms with Gasteiger partial charge in [0.25, 0.3) is 0 Å². The summed E-state index contributed by atoms with van der Waals surface area (Å²) in [6.45, 7) is 0.0610. The van der Waals surface area contributed by atoms with Crippen molar-refractivity contribution in [3.05, 3.63) is 34.3 Å². The minimum absolute atomic E-state index is 0.0610. The average molecular weight is 183 g/mol. The normalized spacial score (nSPS) is 16.5. The summed E-state index contributed by atoms with van der Waals surface area (Å²) < 4.78 is 0. The molecule has 0 atom stereocenters. The highest BCUT2D eigenvalue weighted by Crippen LogP contribution is 2.42. The number of hydrogen-bond donors (Lipinski definition) is 1. The van der Waals surface area contributed by atoms with Gasteiger partial charge in [0, 0.05) is 5.02 Å². The molecule has 0 aliphatic heterocycles. The molecule has 1 aliphatic carbocycles. The molecule has 0 bridgehead atoms. The van der Waals surface area contributed by atoms with Crippen molar-refractivity contribution in [2.45, 2.75) is 25.4 Å². The summed E-state index contributed by atoms with van der Waals surface area (Å²) >= 11 is 5.94. The maximum Gasteiger partial charge on any atom is 0.0699 e. The second kappa shape index (κ2) is 3.08. The Kier molecular flexibility index (Phi) is 2.07. The van der Waals surface area contributed by atoms with Gasteiger partial charge in [-0.05, 0) is 36.0 Å². The molecule has 0 heterocycles. The van der Waals surface area contributed by atoms with Gasteiger partial charge in [0.1, 0.15) is 0 Å². The molecule has 1 aromatic rings. The first kappa shape index (κ1) is 8.09. The zero-order chi connectivity index (χ0) is 8.55. The summed E-state index contributed by atoms with van der Waals surface area (Å²) in [5, 5.41) is 9.79. The van der Waals surface area contributed by atoms with Gasteiger partial charge in [-0.15, -0.1) is 0 Å². The van der Waals surface area contributed by atoms with Crippen LogP contribution in [-0.2, 0) is 6.61 Å². The van der Waals surface area contributed by atoms with Crippen LogP contribution in [-0.4, -0.2) is 5.11 Å². The zero-order valence-corrected chi connectivity index (χ0v) is 7.51. The average Bonchev–Trinajstić information content (AvgIpc) is 2.86. The third-order valence-electron chi connectivity index (χ3n) is 2.33. The molecule has 1 fully saturated rings. The molecule has 0 aromatic heterocycles. The predicted molar refractivity (Wildman–Crippen MR) is 49.3 cm³/mol. The molecule has 0 spiro atoms. The Morgan fingerprint density at radius 1 is 1.42 bits per heavy atom. The fraction of sp³-hybridized carbons (Fsp3) is 0.400. The van der Waals surface area contributed by atoms with Gasteiger partial charge in [0.15, 0.2) is 0 Å². The van der Waals surface area contributed by atoms with Crippen molar-refractivity contribution in [2.75, 3.05) is 0 Å². The van der Waals surface area contributed by atoms with Gasteiger partial charge in [-0.1, -0.05) is 23.7 Å². The monoisotopic (exact) mass is 182 g/mol. The van der Waals surface area contributed by atoms with Gasteiger partial charge in [-0.2, -0.15) is 0 Å².